The van der Waals surface area contributed by atoms with E-state index in [4.69, 9.17) is 4.74 Å². The van der Waals surface area contributed by atoms with Gasteiger partial charge in [0.25, 0.3) is 0 Å². The van der Waals surface area contributed by atoms with Crippen molar-refractivity contribution in [1.29, 1.82) is 0 Å². The molecule has 236 valence electrons. The molecule has 1 N–H and O–H groups in total. The third-order valence-electron chi connectivity index (χ3n) is 7.93. The van der Waals surface area contributed by atoms with Gasteiger partial charge < -0.3 is 9.84 Å². The predicted octanol–water partition coefficient (Wildman–Crippen LogP) is 11.3. The van der Waals surface area contributed by atoms with Gasteiger partial charge in [-0.15, -0.1) is 0 Å². The number of carbonyl (C=O) groups is 2. The molecule has 0 saturated carbocycles. The highest BCUT2D eigenvalue weighted by molar-refractivity contribution is 5.85. The predicted molar refractivity (Wildman–Crippen MR) is 171 cm³/mol. The number of esters is 2. The first-order valence-corrected chi connectivity index (χ1v) is 17.7. The van der Waals surface area contributed by atoms with E-state index in [9.17, 15) is 14.7 Å². The van der Waals surface area contributed by atoms with Crippen LogP contribution in [0, 0.1) is 0 Å². The summed E-state index contributed by atoms with van der Waals surface area (Å²) in [4.78, 5) is 23.8. The van der Waals surface area contributed by atoms with E-state index in [-0.39, 0.29) is 18.0 Å². The van der Waals surface area contributed by atoms with Gasteiger partial charge in [-0.2, -0.15) is 0 Å². The highest BCUT2D eigenvalue weighted by Gasteiger charge is 2.10. The molecular weight excluding hydrogens is 496 g/mol. The van der Waals surface area contributed by atoms with Crippen LogP contribution < -0.4 is 0 Å². The minimum absolute atomic E-state index is 0.191. The van der Waals surface area contributed by atoms with Crippen molar-refractivity contribution in [3.63, 3.8) is 0 Å². The van der Waals surface area contributed by atoms with Crippen LogP contribution in [0.15, 0.2) is 12.2 Å². The van der Waals surface area contributed by atoms with Gasteiger partial charge in [-0.05, 0) is 38.5 Å². The fourth-order valence-corrected chi connectivity index (χ4v) is 5.23. The quantitative estimate of drug-likeness (QED) is 0.0393. The fourth-order valence-electron chi connectivity index (χ4n) is 5.23. The lowest BCUT2D eigenvalue weighted by Crippen LogP contribution is -2.11. The maximum atomic E-state index is 11.9. The molecule has 40 heavy (non-hydrogen) atoms. The Morgan fingerprint density at radius 3 is 1.35 bits per heavy atom. The van der Waals surface area contributed by atoms with Crippen LogP contribution in [0.4, 0.5) is 0 Å². The minimum atomic E-state index is -0.359. The maximum Gasteiger partial charge on any atom is 0.313 e. The van der Waals surface area contributed by atoms with E-state index >= 15 is 0 Å². The topological polar surface area (TPSA) is 63.6 Å². The lowest BCUT2D eigenvalue weighted by atomic mass is 10.0. The molecule has 0 aromatic carbocycles. The maximum absolute atomic E-state index is 11.9. The molecule has 0 heterocycles. The van der Waals surface area contributed by atoms with E-state index in [1.54, 1.807) is 0 Å². The molecule has 0 amide bonds. The first-order valence-electron chi connectivity index (χ1n) is 17.7. The van der Waals surface area contributed by atoms with Crippen molar-refractivity contribution in [3.8, 4) is 0 Å². The second kappa shape index (κ2) is 32.4. The Hall–Kier alpha value is -1.16. The number of hydrogen-bond acceptors (Lipinski definition) is 4. The van der Waals surface area contributed by atoms with Gasteiger partial charge in [-0.25, -0.2) is 0 Å². The van der Waals surface area contributed by atoms with Crippen molar-refractivity contribution in [2.24, 2.45) is 0 Å². The summed E-state index contributed by atoms with van der Waals surface area (Å²) in [5, 5.41) is 9.97. The minimum Gasteiger partial charge on any atom is -0.393 e. The van der Waals surface area contributed by atoms with Crippen LogP contribution in [0.3, 0.4) is 0 Å². The summed E-state index contributed by atoms with van der Waals surface area (Å²) in [6.07, 6.45) is 37.1. The van der Waals surface area contributed by atoms with Crippen molar-refractivity contribution in [2.75, 3.05) is 0 Å². The van der Waals surface area contributed by atoms with Crippen LogP contribution in [0.25, 0.3) is 0 Å². The molecule has 0 saturated heterocycles. The second-order valence-electron chi connectivity index (χ2n) is 12.1. The summed E-state index contributed by atoms with van der Waals surface area (Å²) >= 11 is 0. The van der Waals surface area contributed by atoms with Gasteiger partial charge in [-0.1, -0.05) is 161 Å². The summed E-state index contributed by atoms with van der Waals surface area (Å²) < 4.78 is 4.99. The van der Waals surface area contributed by atoms with Crippen molar-refractivity contribution in [1.82, 2.24) is 0 Å². The Morgan fingerprint density at radius 1 is 0.525 bits per heavy atom. The molecule has 0 aromatic heterocycles. The average Bonchev–Trinajstić information content (AvgIpc) is 2.94. The number of hydrogen-bond donors (Lipinski definition) is 1. The summed E-state index contributed by atoms with van der Waals surface area (Å²) in [6.45, 7) is 4.48. The van der Waals surface area contributed by atoms with Crippen LogP contribution in [0.5, 0.6) is 0 Å². The van der Waals surface area contributed by atoms with Crippen LogP contribution in [0.2, 0.25) is 0 Å². The van der Waals surface area contributed by atoms with E-state index < -0.39 is 0 Å². The van der Waals surface area contributed by atoms with E-state index in [1.807, 2.05) is 0 Å². The van der Waals surface area contributed by atoms with Crippen LogP contribution in [-0.2, 0) is 14.3 Å². The van der Waals surface area contributed by atoms with Crippen LogP contribution >= 0.6 is 0 Å². The number of carbonyl (C=O) groups excluding carboxylic acids is 2. The third-order valence-corrected chi connectivity index (χ3v) is 7.93. The number of aliphatic hydroxyl groups excluding tert-OH is 1. The molecular formula is C36H68O4. The zero-order valence-electron chi connectivity index (χ0n) is 26.9. The van der Waals surface area contributed by atoms with E-state index in [2.05, 4.69) is 26.0 Å². The molecule has 0 aliphatic rings. The second-order valence-corrected chi connectivity index (χ2v) is 12.1. The summed E-state index contributed by atoms with van der Waals surface area (Å²) in [5.74, 6) is -0.709. The molecule has 0 aromatic rings. The first kappa shape index (κ1) is 38.8. The van der Waals surface area contributed by atoms with Crippen molar-refractivity contribution in [3.05, 3.63) is 12.2 Å². The third kappa shape index (κ3) is 31.4. The van der Waals surface area contributed by atoms with Gasteiger partial charge >= 0.3 is 11.9 Å². The molecule has 0 aliphatic carbocycles. The van der Waals surface area contributed by atoms with Gasteiger partial charge in [0, 0.05) is 12.8 Å². The zero-order valence-corrected chi connectivity index (χ0v) is 26.9. The van der Waals surface area contributed by atoms with Crippen molar-refractivity contribution < 1.29 is 19.4 Å². The molecule has 4 heteroatoms. The number of unbranched alkanes of at least 4 members (excludes halogenated alkanes) is 22. The van der Waals surface area contributed by atoms with Crippen LogP contribution in [0.1, 0.15) is 200 Å². The molecule has 0 aliphatic heterocycles. The Morgan fingerprint density at radius 2 is 0.900 bits per heavy atom. The first-order chi connectivity index (χ1) is 19.6. The molecule has 1 atom stereocenters. The van der Waals surface area contributed by atoms with Gasteiger partial charge in [-0.3, -0.25) is 9.59 Å². The van der Waals surface area contributed by atoms with Gasteiger partial charge in [0.2, 0.25) is 0 Å². The van der Waals surface area contributed by atoms with Gasteiger partial charge in [0.05, 0.1) is 6.10 Å². The zero-order chi connectivity index (χ0) is 29.4. The monoisotopic (exact) mass is 565 g/mol. The number of allylic oxidation sites excluding steroid dienone is 1. The Kier molecular flexibility index (Phi) is 31.4. The Bertz CT molecular complexity index is 571. The molecule has 0 bridgehead atoms. The number of rotatable bonds is 31. The SMILES string of the molecule is CCCCCCCCCCCCCCCCCC(=O)OC(=O)CCCCCCC/C=C\CC(O)CCCCCC. The van der Waals surface area contributed by atoms with E-state index in [0.29, 0.717) is 12.8 Å². The molecule has 1 unspecified atom stereocenters. The molecule has 0 rings (SSSR count). The summed E-state index contributed by atoms with van der Waals surface area (Å²) in [7, 11) is 0. The van der Waals surface area contributed by atoms with Crippen molar-refractivity contribution in [2.45, 2.75) is 206 Å². The summed E-state index contributed by atoms with van der Waals surface area (Å²) in [5.41, 5.74) is 0. The van der Waals surface area contributed by atoms with Gasteiger partial charge in [0.1, 0.15) is 0 Å². The van der Waals surface area contributed by atoms with Crippen molar-refractivity contribution >= 4 is 11.9 Å². The Labute approximate surface area is 249 Å². The highest BCUT2D eigenvalue weighted by atomic mass is 16.6. The molecule has 4 nitrogen and oxygen atoms in total. The smallest absolute Gasteiger partial charge is 0.313 e. The highest BCUT2D eigenvalue weighted by Crippen LogP contribution is 2.14. The summed E-state index contributed by atoms with van der Waals surface area (Å²) in [6, 6.07) is 0. The Balaban J connectivity index is 3.38. The standard InChI is InChI=1S/C36H68O4/c1-3-5-7-9-10-11-12-13-14-15-16-17-21-24-28-32-35(38)40-36(39)33-29-25-22-19-18-20-23-27-31-34(37)30-26-8-6-4-2/h23,27,34,37H,3-22,24-26,28-33H2,1-2H3/b27-23-. The molecule has 0 radical (unpaired) electrons. The van der Waals surface area contributed by atoms with Crippen LogP contribution in [-0.4, -0.2) is 23.1 Å². The van der Waals surface area contributed by atoms with Gasteiger partial charge in [0.15, 0.2) is 0 Å². The number of ether oxygens (including phenoxy) is 1. The molecule has 0 spiro atoms. The number of aliphatic hydroxyl groups is 1. The largest absolute Gasteiger partial charge is 0.393 e. The normalized spacial score (nSPS) is 12.3. The van der Waals surface area contributed by atoms with E-state index in [1.165, 1.54) is 103 Å². The van der Waals surface area contributed by atoms with E-state index in [0.717, 1.165) is 70.6 Å². The lowest BCUT2D eigenvalue weighted by molar-refractivity contribution is -0.159. The fraction of sp³-hybridized carbons (Fsp3) is 0.889. The lowest BCUT2D eigenvalue weighted by Gasteiger charge is -2.07. The average molecular weight is 565 g/mol. The molecule has 0 fully saturated rings.